The maximum Gasteiger partial charge on any atom is 0.241 e. The molecule has 17 heavy (non-hydrogen) atoms. The Labute approximate surface area is 101 Å². The number of nitrogens with zero attached hydrogens (tertiary/aromatic N) is 1. The van der Waals surface area contributed by atoms with Crippen molar-refractivity contribution in [2.24, 2.45) is 0 Å². The van der Waals surface area contributed by atoms with Crippen LogP contribution in [0.5, 0.6) is 5.75 Å². The van der Waals surface area contributed by atoms with Crippen LogP contribution < -0.4 is 9.46 Å². The first kappa shape index (κ1) is 13.5. The third-order valence-corrected chi connectivity index (χ3v) is 3.72. The molecule has 6 heteroatoms. The van der Waals surface area contributed by atoms with Crippen molar-refractivity contribution in [3.63, 3.8) is 0 Å². The van der Waals surface area contributed by atoms with Crippen molar-refractivity contribution in [1.29, 1.82) is 5.26 Å². The monoisotopic (exact) mass is 254 g/mol. The van der Waals surface area contributed by atoms with E-state index in [0.29, 0.717) is 12.2 Å². The zero-order valence-corrected chi connectivity index (χ0v) is 10.5. The van der Waals surface area contributed by atoms with Crippen LogP contribution in [0.15, 0.2) is 29.2 Å². The van der Waals surface area contributed by atoms with E-state index in [9.17, 15) is 8.42 Å². The van der Waals surface area contributed by atoms with Crippen LogP contribution in [-0.4, -0.2) is 21.6 Å². The van der Waals surface area contributed by atoms with E-state index < -0.39 is 16.1 Å². The lowest BCUT2D eigenvalue weighted by Crippen LogP contribution is -2.33. The fourth-order valence-corrected chi connectivity index (χ4v) is 2.44. The zero-order chi connectivity index (χ0) is 12.9. The summed E-state index contributed by atoms with van der Waals surface area (Å²) < 4.78 is 31.0. The molecule has 0 spiro atoms. The number of hydrogen-bond acceptors (Lipinski definition) is 4. The lowest BCUT2D eigenvalue weighted by atomic mass is 10.3. The van der Waals surface area contributed by atoms with Gasteiger partial charge in [-0.25, -0.2) is 8.42 Å². The van der Waals surface area contributed by atoms with Crippen LogP contribution >= 0.6 is 0 Å². The molecule has 1 N–H and O–H groups in total. The summed E-state index contributed by atoms with van der Waals surface area (Å²) in [5, 5.41) is 8.72. The van der Waals surface area contributed by atoms with Crippen molar-refractivity contribution in [1.82, 2.24) is 4.72 Å². The first-order valence-corrected chi connectivity index (χ1v) is 6.57. The van der Waals surface area contributed by atoms with Gasteiger partial charge >= 0.3 is 0 Å². The third-order valence-electron chi connectivity index (χ3n) is 2.23. The molecule has 0 saturated heterocycles. The number of hydrogen-bond donors (Lipinski definition) is 1. The molecule has 0 saturated carbocycles. The summed E-state index contributed by atoms with van der Waals surface area (Å²) >= 11 is 0. The Bertz CT molecular complexity index is 503. The first-order chi connectivity index (χ1) is 8.03. The van der Waals surface area contributed by atoms with E-state index >= 15 is 0 Å². The van der Waals surface area contributed by atoms with Gasteiger partial charge in [0, 0.05) is 0 Å². The van der Waals surface area contributed by atoms with Gasteiger partial charge in [0.15, 0.2) is 0 Å². The van der Waals surface area contributed by atoms with Gasteiger partial charge in [-0.1, -0.05) is 6.92 Å². The van der Waals surface area contributed by atoms with Crippen LogP contribution in [0.4, 0.5) is 0 Å². The number of ether oxygens (including phenoxy) is 1. The van der Waals surface area contributed by atoms with Crippen LogP contribution in [0.1, 0.15) is 13.3 Å². The highest BCUT2D eigenvalue weighted by Crippen LogP contribution is 2.15. The molecular formula is C11H14N2O3S. The molecule has 1 atom stereocenters. The Balaban J connectivity index is 2.93. The summed E-state index contributed by atoms with van der Waals surface area (Å²) in [6.07, 6.45) is 0.423. The highest BCUT2D eigenvalue weighted by Gasteiger charge is 2.18. The van der Waals surface area contributed by atoms with E-state index in [1.54, 1.807) is 19.1 Å². The van der Waals surface area contributed by atoms with Gasteiger partial charge in [-0.2, -0.15) is 9.98 Å². The minimum Gasteiger partial charge on any atom is -0.497 e. The van der Waals surface area contributed by atoms with E-state index in [-0.39, 0.29) is 4.90 Å². The van der Waals surface area contributed by atoms with Gasteiger partial charge in [-0.3, -0.25) is 0 Å². The molecule has 1 aromatic carbocycles. The van der Waals surface area contributed by atoms with Crippen molar-refractivity contribution in [3.8, 4) is 11.8 Å². The normalized spacial score (nSPS) is 12.8. The van der Waals surface area contributed by atoms with Gasteiger partial charge in [0.25, 0.3) is 0 Å². The minimum absolute atomic E-state index is 0.118. The quantitative estimate of drug-likeness (QED) is 0.858. The van der Waals surface area contributed by atoms with Gasteiger partial charge < -0.3 is 4.74 Å². The molecular weight excluding hydrogens is 240 g/mol. The van der Waals surface area contributed by atoms with E-state index in [2.05, 4.69) is 4.72 Å². The summed E-state index contributed by atoms with van der Waals surface area (Å²) in [5.41, 5.74) is 0. The van der Waals surface area contributed by atoms with E-state index in [0.717, 1.165) is 0 Å². The summed E-state index contributed by atoms with van der Waals surface area (Å²) in [4.78, 5) is 0.118. The van der Waals surface area contributed by atoms with E-state index in [1.807, 2.05) is 6.07 Å². The molecule has 1 aromatic rings. The molecule has 1 rings (SSSR count). The van der Waals surface area contributed by atoms with Crippen LogP contribution in [0.3, 0.4) is 0 Å². The molecule has 1 unspecified atom stereocenters. The molecule has 0 fully saturated rings. The predicted molar refractivity (Wildman–Crippen MR) is 63.0 cm³/mol. The van der Waals surface area contributed by atoms with Crippen LogP contribution in [0, 0.1) is 11.3 Å². The van der Waals surface area contributed by atoms with Crippen molar-refractivity contribution in [2.75, 3.05) is 7.11 Å². The maximum atomic E-state index is 11.9. The molecule has 5 nitrogen and oxygen atoms in total. The Morgan fingerprint density at radius 3 is 2.41 bits per heavy atom. The summed E-state index contributed by atoms with van der Waals surface area (Å²) in [6, 6.07) is 7.17. The van der Waals surface area contributed by atoms with Crippen molar-refractivity contribution >= 4 is 10.0 Å². The van der Waals surface area contributed by atoms with Gasteiger partial charge in [0.1, 0.15) is 11.8 Å². The van der Waals surface area contributed by atoms with E-state index in [1.165, 1.54) is 19.2 Å². The largest absolute Gasteiger partial charge is 0.497 e. The van der Waals surface area contributed by atoms with Gasteiger partial charge in [-0.15, -0.1) is 0 Å². The Morgan fingerprint density at radius 2 is 2.00 bits per heavy atom. The summed E-state index contributed by atoms with van der Waals surface area (Å²) in [7, 11) is -2.13. The van der Waals surface area contributed by atoms with Crippen molar-refractivity contribution < 1.29 is 13.2 Å². The Hall–Kier alpha value is -1.58. The molecule has 0 aliphatic carbocycles. The minimum atomic E-state index is -3.64. The van der Waals surface area contributed by atoms with Crippen LogP contribution in [-0.2, 0) is 10.0 Å². The average Bonchev–Trinajstić information content (AvgIpc) is 2.36. The van der Waals surface area contributed by atoms with Crippen molar-refractivity contribution in [3.05, 3.63) is 24.3 Å². The number of sulfonamides is 1. The number of nitrogens with one attached hydrogen (secondary N) is 1. The average molecular weight is 254 g/mol. The molecule has 0 bridgehead atoms. The van der Waals surface area contributed by atoms with Crippen molar-refractivity contribution in [2.45, 2.75) is 24.3 Å². The zero-order valence-electron chi connectivity index (χ0n) is 9.67. The summed E-state index contributed by atoms with van der Waals surface area (Å²) in [6.45, 7) is 1.74. The smallest absolute Gasteiger partial charge is 0.241 e. The Kier molecular flexibility index (Phi) is 4.49. The maximum absolute atomic E-state index is 11.9. The molecule has 0 heterocycles. The van der Waals surface area contributed by atoms with Crippen LogP contribution in [0.25, 0.3) is 0 Å². The van der Waals surface area contributed by atoms with Crippen LogP contribution in [0.2, 0.25) is 0 Å². The summed E-state index contributed by atoms with van der Waals surface area (Å²) in [5.74, 6) is 0.580. The standard InChI is InChI=1S/C11H14N2O3S/c1-3-9(8-12)13-17(14,15)11-6-4-10(16-2)5-7-11/h4-7,9,13H,3H2,1-2H3. The highest BCUT2D eigenvalue weighted by atomic mass is 32.2. The topological polar surface area (TPSA) is 79.2 Å². The lowest BCUT2D eigenvalue weighted by molar-refractivity contribution is 0.414. The lowest BCUT2D eigenvalue weighted by Gasteiger charge is -2.10. The van der Waals surface area contributed by atoms with Gasteiger partial charge in [0.2, 0.25) is 10.0 Å². The number of nitriles is 1. The second-order valence-corrected chi connectivity index (χ2v) is 5.10. The van der Waals surface area contributed by atoms with Gasteiger partial charge in [-0.05, 0) is 30.7 Å². The number of rotatable bonds is 5. The molecule has 0 amide bonds. The second-order valence-electron chi connectivity index (χ2n) is 3.39. The fraction of sp³-hybridized carbons (Fsp3) is 0.364. The predicted octanol–water partition coefficient (Wildman–Crippen LogP) is 1.28. The fourth-order valence-electron chi connectivity index (χ4n) is 1.21. The number of benzene rings is 1. The Morgan fingerprint density at radius 1 is 1.41 bits per heavy atom. The highest BCUT2D eigenvalue weighted by molar-refractivity contribution is 7.89. The molecule has 92 valence electrons. The first-order valence-electron chi connectivity index (χ1n) is 5.09. The molecule has 0 aliphatic heterocycles. The van der Waals surface area contributed by atoms with Gasteiger partial charge in [0.05, 0.1) is 18.1 Å². The molecule has 0 aromatic heterocycles. The second kappa shape index (κ2) is 5.66. The van der Waals surface area contributed by atoms with E-state index in [4.69, 9.17) is 10.00 Å². The molecule has 0 aliphatic rings. The SMILES string of the molecule is CCC(C#N)NS(=O)(=O)c1ccc(OC)cc1. The number of methoxy groups -OCH3 is 1. The molecule has 0 radical (unpaired) electrons. The third kappa shape index (κ3) is 3.44.